The second-order valence-corrected chi connectivity index (χ2v) is 6.18. The van der Waals surface area contributed by atoms with Gasteiger partial charge >= 0.3 is 0 Å². The molecule has 0 fully saturated rings. The molecule has 2 heterocycles. The number of Topliss-reactive ketones (excluding diaryl/α,β-unsaturated/α-hetero) is 1. The van der Waals surface area contributed by atoms with Crippen LogP contribution in [0.5, 0.6) is 0 Å². The molecule has 3 rings (SSSR count). The SMILES string of the molecule is CCOC1=NCc2c1cnc(CC(=O)C[C@H](CO)c1ccccc1)c2F. The quantitative estimate of drug-likeness (QED) is 0.828. The summed E-state index contributed by atoms with van der Waals surface area (Å²) < 4.78 is 20.1. The maximum atomic E-state index is 14.7. The van der Waals surface area contributed by atoms with Crippen LogP contribution in [0.4, 0.5) is 4.39 Å². The van der Waals surface area contributed by atoms with Crippen LogP contribution in [-0.4, -0.2) is 35.0 Å². The average Bonchev–Trinajstić information content (AvgIpc) is 3.07. The number of aromatic nitrogens is 1. The number of carbonyl (C=O) groups excluding carboxylic acids is 1. The molecule has 0 radical (unpaired) electrons. The number of carbonyl (C=O) groups is 1. The Kier molecular flexibility index (Phi) is 5.73. The molecule has 0 saturated heterocycles. The highest BCUT2D eigenvalue weighted by Gasteiger charge is 2.25. The number of ether oxygens (including phenoxy) is 1. The van der Waals surface area contributed by atoms with Gasteiger partial charge in [0.2, 0.25) is 5.90 Å². The third-order valence-electron chi connectivity index (χ3n) is 4.42. The summed E-state index contributed by atoms with van der Waals surface area (Å²) in [6.45, 7) is 2.34. The number of ketones is 1. The van der Waals surface area contributed by atoms with Crippen LogP contribution in [0, 0.1) is 5.82 Å². The van der Waals surface area contributed by atoms with Gasteiger partial charge in [0.1, 0.15) is 5.78 Å². The largest absolute Gasteiger partial charge is 0.478 e. The number of benzene rings is 1. The number of nitrogens with zero attached hydrogens (tertiary/aromatic N) is 2. The number of aliphatic hydroxyl groups excluding tert-OH is 1. The number of pyridine rings is 1. The minimum absolute atomic E-state index is 0.105. The third-order valence-corrected chi connectivity index (χ3v) is 4.42. The van der Waals surface area contributed by atoms with Crippen molar-refractivity contribution in [3.05, 3.63) is 64.7 Å². The fourth-order valence-electron chi connectivity index (χ4n) is 3.07. The highest BCUT2D eigenvalue weighted by molar-refractivity contribution is 5.97. The minimum Gasteiger partial charge on any atom is -0.478 e. The number of halogens is 1. The van der Waals surface area contributed by atoms with Gasteiger partial charge in [-0.2, -0.15) is 0 Å². The van der Waals surface area contributed by atoms with E-state index in [2.05, 4.69) is 9.98 Å². The monoisotopic (exact) mass is 356 g/mol. The van der Waals surface area contributed by atoms with Gasteiger partial charge in [-0.3, -0.25) is 9.78 Å². The molecule has 136 valence electrons. The lowest BCUT2D eigenvalue weighted by Crippen LogP contribution is -2.15. The van der Waals surface area contributed by atoms with Crippen molar-refractivity contribution in [2.45, 2.75) is 32.2 Å². The maximum absolute atomic E-state index is 14.7. The second kappa shape index (κ2) is 8.19. The fraction of sp³-hybridized carbons (Fsp3) is 0.350. The smallest absolute Gasteiger partial charge is 0.218 e. The lowest BCUT2D eigenvalue weighted by atomic mass is 9.93. The van der Waals surface area contributed by atoms with E-state index in [1.54, 1.807) is 0 Å². The molecule has 1 aromatic carbocycles. The number of fused-ring (bicyclic) bond motifs is 1. The Hall–Kier alpha value is -2.60. The van der Waals surface area contributed by atoms with E-state index in [0.29, 0.717) is 23.6 Å². The van der Waals surface area contributed by atoms with Gasteiger partial charge in [-0.25, -0.2) is 9.38 Å². The fourth-order valence-corrected chi connectivity index (χ4v) is 3.07. The van der Waals surface area contributed by atoms with Crippen LogP contribution < -0.4 is 0 Å². The summed E-state index contributed by atoms with van der Waals surface area (Å²) in [6, 6.07) is 9.34. The molecular weight excluding hydrogens is 335 g/mol. The molecule has 5 nitrogen and oxygen atoms in total. The molecule has 1 aromatic heterocycles. The first-order chi connectivity index (χ1) is 12.6. The van der Waals surface area contributed by atoms with Crippen molar-refractivity contribution in [2.75, 3.05) is 13.2 Å². The Morgan fingerprint density at radius 3 is 2.81 bits per heavy atom. The standard InChI is InChI=1S/C20H21FN2O3/c1-2-26-20-17-11-22-18(19(21)16(17)10-23-20)9-15(25)8-14(12-24)13-6-4-3-5-7-13/h3-7,11,14,24H,2,8-10,12H2,1H3/t14-/m1/s1. The molecule has 1 aliphatic rings. The average molecular weight is 356 g/mol. The highest BCUT2D eigenvalue weighted by atomic mass is 19.1. The molecule has 0 amide bonds. The number of hydrogen-bond donors (Lipinski definition) is 1. The van der Waals surface area contributed by atoms with Crippen molar-refractivity contribution in [3.8, 4) is 0 Å². The van der Waals surface area contributed by atoms with Crippen molar-refractivity contribution < 1.29 is 19.0 Å². The predicted octanol–water partition coefficient (Wildman–Crippen LogP) is 2.80. The van der Waals surface area contributed by atoms with E-state index in [9.17, 15) is 14.3 Å². The third kappa shape index (κ3) is 3.80. The van der Waals surface area contributed by atoms with Gasteiger partial charge in [0.25, 0.3) is 0 Å². The number of rotatable bonds is 7. The Labute approximate surface area is 151 Å². The van der Waals surface area contributed by atoms with Crippen LogP contribution in [0.25, 0.3) is 0 Å². The summed E-state index contributed by atoms with van der Waals surface area (Å²) in [5.74, 6) is -0.553. The van der Waals surface area contributed by atoms with E-state index in [4.69, 9.17) is 4.74 Å². The molecule has 0 aliphatic carbocycles. The molecule has 0 spiro atoms. The lowest BCUT2D eigenvalue weighted by molar-refractivity contribution is -0.119. The van der Waals surface area contributed by atoms with Crippen molar-refractivity contribution in [3.63, 3.8) is 0 Å². The van der Waals surface area contributed by atoms with Gasteiger partial charge in [0.05, 0.1) is 37.4 Å². The molecule has 0 bridgehead atoms. The maximum Gasteiger partial charge on any atom is 0.218 e. The first-order valence-corrected chi connectivity index (χ1v) is 8.65. The van der Waals surface area contributed by atoms with E-state index < -0.39 is 5.82 Å². The summed E-state index contributed by atoms with van der Waals surface area (Å²) in [6.07, 6.45) is 1.55. The molecule has 1 N–H and O–H groups in total. The van der Waals surface area contributed by atoms with Gasteiger partial charge in [-0.05, 0) is 12.5 Å². The van der Waals surface area contributed by atoms with Gasteiger partial charge in [0, 0.05) is 24.1 Å². The molecule has 2 aromatic rings. The van der Waals surface area contributed by atoms with Crippen molar-refractivity contribution in [2.24, 2.45) is 4.99 Å². The van der Waals surface area contributed by atoms with Crippen molar-refractivity contribution in [1.29, 1.82) is 0 Å². The van der Waals surface area contributed by atoms with Gasteiger partial charge in [-0.1, -0.05) is 30.3 Å². The minimum atomic E-state index is -0.491. The summed E-state index contributed by atoms with van der Waals surface area (Å²) >= 11 is 0. The number of hydrogen-bond acceptors (Lipinski definition) is 5. The Morgan fingerprint density at radius 2 is 2.12 bits per heavy atom. The van der Waals surface area contributed by atoms with E-state index >= 15 is 0 Å². The van der Waals surface area contributed by atoms with Crippen molar-refractivity contribution >= 4 is 11.7 Å². The molecule has 0 unspecified atom stereocenters. The Bertz CT molecular complexity index is 821. The molecule has 0 saturated carbocycles. The zero-order valence-corrected chi connectivity index (χ0v) is 14.6. The van der Waals surface area contributed by atoms with E-state index in [0.717, 1.165) is 5.56 Å². The van der Waals surface area contributed by atoms with Crippen molar-refractivity contribution in [1.82, 2.24) is 4.98 Å². The molecule has 1 aliphatic heterocycles. The summed E-state index contributed by atoms with van der Waals surface area (Å²) in [4.78, 5) is 20.7. The predicted molar refractivity (Wildman–Crippen MR) is 95.7 cm³/mol. The Morgan fingerprint density at radius 1 is 1.35 bits per heavy atom. The van der Waals surface area contributed by atoms with E-state index in [-0.39, 0.29) is 43.4 Å². The zero-order valence-electron chi connectivity index (χ0n) is 14.6. The van der Waals surface area contributed by atoms with E-state index in [1.165, 1.54) is 6.20 Å². The highest BCUT2D eigenvalue weighted by Crippen LogP contribution is 2.25. The normalized spacial score (nSPS) is 13.9. The van der Waals surface area contributed by atoms with Gasteiger partial charge in [0.15, 0.2) is 5.82 Å². The topological polar surface area (TPSA) is 71.8 Å². The summed E-state index contributed by atoms with van der Waals surface area (Å²) in [7, 11) is 0. The van der Waals surface area contributed by atoms with Crippen LogP contribution in [0.2, 0.25) is 0 Å². The lowest BCUT2D eigenvalue weighted by Gasteiger charge is -2.14. The van der Waals surface area contributed by atoms with Gasteiger partial charge < -0.3 is 9.84 Å². The van der Waals surface area contributed by atoms with Crippen LogP contribution in [0.1, 0.15) is 41.6 Å². The van der Waals surface area contributed by atoms with Crippen LogP contribution in [0.3, 0.4) is 0 Å². The first-order valence-electron chi connectivity index (χ1n) is 8.65. The number of aliphatic imine (C=N–C) groups is 1. The second-order valence-electron chi connectivity index (χ2n) is 6.18. The first kappa shape index (κ1) is 18.2. The molecule has 6 heteroatoms. The molecule has 26 heavy (non-hydrogen) atoms. The molecular formula is C20H21FN2O3. The van der Waals surface area contributed by atoms with Gasteiger partial charge in [-0.15, -0.1) is 0 Å². The van der Waals surface area contributed by atoms with Crippen LogP contribution in [-0.2, 0) is 22.5 Å². The number of aliphatic hydroxyl groups is 1. The van der Waals surface area contributed by atoms with Crippen LogP contribution in [0.15, 0.2) is 41.5 Å². The van der Waals surface area contributed by atoms with Crippen LogP contribution >= 0.6 is 0 Å². The summed E-state index contributed by atoms with van der Waals surface area (Å²) in [5.41, 5.74) is 1.98. The summed E-state index contributed by atoms with van der Waals surface area (Å²) in [5, 5.41) is 9.58. The van der Waals surface area contributed by atoms with E-state index in [1.807, 2.05) is 37.3 Å². The molecule has 1 atom stereocenters. The Balaban J connectivity index is 1.71. The zero-order chi connectivity index (χ0) is 18.5.